The number of nitrogens with one attached hydrogen (secondary N) is 1. The molecule has 0 aliphatic rings. The molecule has 0 atom stereocenters. The van der Waals surface area contributed by atoms with Crippen molar-refractivity contribution in [1.82, 2.24) is 5.32 Å². The molecule has 1 N–H and O–H groups in total. The van der Waals surface area contributed by atoms with Gasteiger partial charge in [-0.1, -0.05) is 0 Å². The van der Waals surface area contributed by atoms with E-state index in [2.05, 4.69) is 5.32 Å². The van der Waals surface area contributed by atoms with Crippen LogP contribution in [0.2, 0.25) is 0 Å². The van der Waals surface area contributed by atoms with Gasteiger partial charge in [0.2, 0.25) is 0 Å². The Kier molecular flexibility index (Phi) is 5.06. The summed E-state index contributed by atoms with van der Waals surface area (Å²) in [6.07, 6.45) is 3.56. The van der Waals surface area contributed by atoms with Crippen molar-refractivity contribution in [2.75, 3.05) is 6.54 Å². The molecule has 0 saturated heterocycles. The normalized spacial score (nSPS) is 9.14. The Labute approximate surface area is 45.5 Å². The van der Waals surface area contributed by atoms with Gasteiger partial charge in [-0.2, -0.15) is 0 Å². The van der Waals surface area contributed by atoms with E-state index in [9.17, 15) is 0 Å². The van der Waals surface area contributed by atoms with E-state index in [0.717, 1.165) is 6.54 Å². The molecule has 1 nitrogen and oxygen atoms in total. The van der Waals surface area contributed by atoms with Crippen molar-refractivity contribution >= 4 is 13.5 Å². The van der Waals surface area contributed by atoms with Crippen LogP contribution >= 0.6 is 0 Å². The van der Waals surface area contributed by atoms with Gasteiger partial charge < -0.3 is 0 Å². The summed E-state index contributed by atoms with van der Waals surface area (Å²) in [6, 6.07) is 0. The van der Waals surface area contributed by atoms with Crippen molar-refractivity contribution in [2.45, 2.75) is 6.92 Å². The number of rotatable bonds is 3. The van der Waals surface area contributed by atoms with Crippen molar-refractivity contribution in [2.24, 2.45) is 0 Å². The van der Waals surface area contributed by atoms with Crippen LogP contribution in [-0.4, -0.2) is 20.0 Å². The summed E-state index contributed by atoms with van der Waals surface area (Å²) in [6.45, 7) is 2.98. The summed E-state index contributed by atoms with van der Waals surface area (Å²) < 4.78 is 0. The van der Waals surface area contributed by atoms with Gasteiger partial charge in [0.25, 0.3) is 0 Å². The third kappa shape index (κ3) is 5.47. The molecule has 7 heavy (non-hydrogen) atoms. The third-order valence-corrected chi connectivity index (χ3v) is 0.529. The first-order chi connectivity index (χ1) is 3.41. The fourth-order valence-electron chi connectivity index (χ4n) is 0.241. The molecule has 2 heteroatoms. The molecule has 0 rings (SSSR count). The van der Waals surface area contributed by atoms with E-state index >= 15 is 0 Å². The molecule has 0 aromatic heterocycles. The van der Waals surface area contributed by atoms with Gasteiger partial charge >= 0.3 is 44.5 Å². The predicted octanol–water partition coefficient (Wildman–Crippen LogP) is 0.0803. The zero-order valence-corrected chi connectivity index (χ0v) is 4.52. The topological polar surface area (TPSA) is 12.0 Å². The second-order valence-corrected chi connectivity index (χ2v) is 1.11. The van der Waals surface area contributed by atoms with E-state index in [1.165, 1.54) is 5.97 Å². The van der Waals surface area contributed by atoms with Crippen molar-refractivity contribution in [3.8, 4) is 0 Å². The number of hydrogen-bond donors (Lipinski definition) is 1. The Morgan fingerprint density at radius 1 is 1.71 bits per heavy atom. The van der Waals surface area contributed by atoms with Gasteiger partial charge in [0.05, 0.1) is 0 Å². The number of hydrogen-bond acceptors (Lipinski definition) is 1. The van der Waals surface area contributed by atoms with Crippen LogP contribution < -0.4 is 5.32 Å². The van der Waals surface area contributed by atoms with Crippen LogP contribution in [-0.2, 0) is 0 Å². The Morgan fingerprint density at radius 3 is 2.86 bits per heavy atom. The molecule has 0 aromatic carbocycles. The molecule has 0 heterocycles. The third-order valence-electron chi connectivity index (χ3n) is 0.529. The molecule has 0 aliphatic heterocycles. The van der Waals surface area contributed by atoms with Gasteiger partial charge in [0, 0.05) is 0 Å². The van der Waals surface area contributed by atoms with Crippen LogP contribution in [0.15, 0.2) is 12.3 Å². The quantitative estimate of drug-likeness (QED) is 0.488. The van der Waals surface area contributed by atoms with E-state index in [1.54, 1.807) is 12.3 Å². The second-order valence-electron chi connectivity index (χ2n) is 1.11. The number of allylic oxidation sites excluding steroid dienone is 1. The van der Waals surface area contributed by atoms with E-state index in [4.69, 9.17) is 7.49 Å². The van der Waals surface area contributed by atoms with Gasteiger partial charge in [-0.15, -0.1) is 0 Å². The van der Waals surface area contributed by atoms with Crippen molar-refractivity contribution in [1.29, 1.82) is 0 Å². The Bertz CT molecular complexity index is 68.5. The van der Waals surface area contributed by atoms with Crippen LogP contribution in [0.3, 0.4) is 0 Å². The zero-order valence-electron chi connectivity index (χ0n) is 4.52. The minimum absolute atomic E-state index is 0.949. The predicted molar refractivity (Wildman–Crippen MR) is 34.6 cm³/mol. The molecule has 0 fully saturated rings. The molecule has 37 valence electrons. The summed E-state index contributed by atoms with van der Waals surface area (Å²) in [4.78, 5) is 0. The van der Waals surface area contributed by atoms with Crippen LogP contribution in [0, 0.1) is 0 Å². The fraction of sp³-hybridized carbons (Fsp3) is 0.400. The first-order valence-electron chi connectivity index (χ1n) is 2.35. The first kappa shape index (κ1) is 6.47. The maximum atomic E-state index is 5.02. The van der Waals surface area contributed by atoms with Crippen LogP contribution in [0.1, 0.15) is 6.92 Å². The average molecular weight is 93.9 g/mol. The van der Waals surface area contributed by atoms with Crippen LogP contribution in [0.5, 0.6) is 0 Å². The second kappa shape index (κ2) is 5.47. The van der Waals surface area contributed by atoms with E-state index in [-0.39, 0.29) is 0 Å². The summed E-state index contributed by atoms with van der Waals surface area (Å²) in [5.41, 5.74) is 0. The average Bonchev–Trinajstić information content (AvgIpc) is 1.69. The minimum atomic E-state index is 0.949. The molecule has 0 bridgehead atoms. The molecule has 0 aromatic rings. The molecule has 0 spiro atoms. The first-order valence-corrected chi connectivity index (χ1v) is 2.35. The SMILES string of the molecule is [B]=C/C=C\NCC. The van der Waals surface area contributed by atoms with Gasteiger partial charge in [-0.05, 0) is 0 Å². The summed E-state index contributed by atoms with van der Waals surface area (Å²) in [7, 11) is 5.02. The van der Waals surface area contributed by atoms with Crippen LogP contribution in [0.25, 0.3) is 0 Å². The summed E-state index contributed by atoms with van der Waals surface area (Å²) in [5.74, 6) is 1.49. The van der Waals surface area contributed by atoms with Gasteiger partial charge in [0.1, 0.15) is 0 Å². The molecular weight excluding hydrogens is 84.9 g/mol. The molecule has 1 radical (unpaired) electrons. The van der Waals surface area contributed by atoms with Crippen molar-refractivity contribution in [3.05, 3.63) is 12.3 Å². The standard InChI is InChI=1S/C5H9BN/c1-2-7-5-3-4-6/h3-5,7H,2H2,1H3/b5-3-. The zero-order chi connectivity index (χ0) is 5.54. The van der Waals surface area contributed by atoms with E-state index < -0.39 is 0 Å². The molecule has 0 amide bonds. The summed E-state index contributed by atoms with van der Waals surface area (Å²) in [5, 5.41) is 2.96. The molecular formula is C5H9BN. The Hall–Kier alpha value is -0.525. The van der Waals surface area contributed by atoms with Crippen molar-refractivity contribution in [3.63, 3.8) is 0 Å². The van der Waals surface area contributed by atoms with Gasteiger partial charge in [-0.25, -0.2) is 0 Å². The molecule has 0 saturated carbocycles. The van der Waals surface area contributed by atoms with E-state index in [0.29, 0.717) is 0 Å². The summed E-state index contributed by atoms with van der Waals surface area (Å²) >= 11 is 0. The Morgan fingerprint density at radius 2 is 2.43 bits per heavy atom. The maximum absolute atomic E-state index is 5.02. The van der Waals surface area contributed by atoms with Gasteiger partial charge in [0.15, 0.2) is 0 Å². The molecule has 0 aliphatic carbocycles. The fourth-order valence-corrected chi connectivity index (χ4v) is 0.241. The Balaban J connectivity index is 2.92. The van der Waals surface area contributed by atoms with Crippen molar-refractivity contribution < 1.29 is 0 Å². The monoisotopic (exact) mass is 94.1 g/mol. The van der Waals surface area contributed by atoms with Crippen LogP contribution in [0.4, 0.5) is 0 Å². The van der Waals surface area contributed by atoms with E-state index in [1.807, 2.05) is 6.92 Å². The van der Waals surface area contributed by atoms with Gasteiger partial charge in [-0.3, -0.25) is 0 Å². The molecule has 0 unspecified atom stereocenters.